The highest BCUT2D eigenvalue weighted by molar-refractivity contribution is 6.12. The number of rotatable bonds is 6. The van der Waals surface area contributed by atoms with Gasteiger partial charge in [-0.15, -0.1) is 0 Å². The lowest BCUT2D eigenvalue weighted by Gasteiger charge is -2.35. The second-order valence-electron chi connectivity index (χ2n) is 8.05. The molecule has 1 aliphatic rings. The van der Waals surface area contributed by atoms with Gasteiger partial charge in [-0.05, 0) is 43.5 Å². The van der Waals surface area contributed by atoms with Gasteiger partial charge in [0.1, 0.15) is 34.7 Å². The van der Waals surface area contributed by atoms with Gasteiger partial charge in [-0.25, -0.2) is 4.98 Å². The van der Waals surface area contributed by atoms with Gasteiger partial charge in [-0.3, -0.25) is 20.2 Å². The first-order valence-electron chi connectivity index (χ1n) is 11.0. The summed E-state index contributed by atoms with van der Waals surface area (Å²) >= 11 is 0. The Bertz CT molecular complexity index is 1300. The Balaban J connectivity index is 0.00000176. The summed E-state index contributed by atoms with van der Waals surface area (Å²) in [7, 11) is 1.00. The molecule has 3 aromatic rings. The standard InChI is InChI=1S/C23H20F3N7O.CH4O/c1-12(13-5-8-18(30-11-13)23(24,25)26)31-21-19(16(28)10-27)22(34)33-20(32-21)15-7-6-14(15)17-4-2-3-9-29-17;1-2/h2-5,8-9,11-12,14-15,28H,6-7H2,1H3,(H2,31,32,33,34);2H,1H3/t12-,14?,15?;/m0./s1. The largest absolute Gasteiger partial charge is 0.433 e. The summed E-state index contributed by atoms with van der Waals surface area (Å²) in [5, 5.41) is 27.1. The van der Waals surface area contributed by atoms with Gasteiger partial charge in [0.25, 0.3) is 5.56 Å². The molecule has 0 aromatic carbocycles. The molecule has 9 nitrogen and oxygen atoms in total. The maximum absolute atomic E-state index is 12.8. The van der Waals surface area contributed by atoms with Crippen LogP contribution in [-0.4, -0.2) is 37.9 Å². The number of nitrogens with zero attached hydrogens (tertiary/aromatic N) is 4. The number of halogens is 3. The van der Waals surface area contributed by atoms with E-state index in [1.165, 1.54) is 6.07 Å². The summed E-state index contributed by atoms with van der Waals surface area (Å²) in [6.07, 6.45) is -0.118. The second kappa shape index (κ2) is 11.1. The molecule has 0 saturated heterocycles. The van der Waals surface area contributed by atoms with Gasteiger partial charge in [-0.2, -0.15) is 18.4 Å². The van der Waals surface area contributed by atoms with E-state index in [1.807, 2.05) is 18.2 Å². The molecular formula is C24H24F3N7O2. The normalized spacial score (nSPS) is 17.6. The molecule has 0 radical (unpaired) electrons. The molecule has 3 atom stereocenters. The number of H-pyrrole nitrogens is 1. The summed E-state index contributed by atoms with van der Waals surface area (Å²) in [4.78, 5) is 27.9. The van der Waals surface area contributed by atoms with Crippen LogP contribution in [0, 0.1) is 16.7 Å². The molecule has 36 heavy (non-hydrogen) atoms. The number of aliphatic hydroxyl groups excluding tert-OH is 1. The lowest BCUT2D eigenvalue weighted by atomic mass is 9.71. The number of nitrogens with one attached hydrogen (secondary N) is 3. The van der Waals surface area contributed by atoms with Crippen LogP contribution in [0.25, 0.3) is 0 Å². The summed E-state index contributed by atoms with van der Waals surface area (Å²) < 4.78 is 38.5. The molecule has 3 heterocycles. The fourth-order valence-corrected chi connectivity index (χ4v) is 3.95. The number of aliphatic hydroxyl groups is 1. The molecule has 2 unspecified atom stereocenters. The predicted octanol–water partition coefficient (Wildman–Crippen LogP) is 3.91. The van der Waals surface area contributed by atoms with Crippen LogP contribution in [0.15, 0.2) is 47.5 Å². The van der Waals surface area contributed by atoms with E-state index in [4.69, 9.17) is 10.5 Å². The molecule has 1 fully saturated rings. The van der Waals surface area contributed by atoms with Crippen LogP contribution in [0.4, 0.5) is 19.0 Å². The molecule has 4 rings (SSSR count). The van der Waals surface area contributed by atoms with Gasteiger partial charge in [0.05, 0.1) is 6.04 Å². The minimum absolute atomic E-state index is 0.0179. The number of pyridine rings is 2. The molecule has 12 heteroatoms. The molecule has 1 aliphatic carbocycles. The van der Waals surface area contributed by atoms with E-state index in [0.717, 1.165) is 37.9 Å². The zero-order chi connectivity index (χ0) is 26.5. The van der Waals surface area contributed by atoms with E-state index >= 15 is 0 Å². The van der Waals surface area contributed by atoms with Crippen LogP contribution >= 0.6 is 0 Å². The Kier molecular flexibility index (Phi) is 8.16. The highest BCUT2D eigenvalue weighted by atomic mass is 19.4. The van der Waals surface area contributed by atoms with Gasteiger partial charge in [0.2, 0.25) is 0 Å². The highest BCUT2D eigenvalue weighted by Gasteiger charge is 2.37. The Hall–Kier alpha value is -4.11. The van der Waals surface area contributed by atoms with E-state index in [9.17, 15) is 23.2 Å². The quantitative estimate of drug-likeness (QED) is 0.375. The van der Waals surface area contributed by atoms with Crippen molar-refractivity contribution >= 4 is 11.5 Å². The van der Waals surface area contributed by atoms with Crippen molar-refractivity contribution in [1.29, 1.82) is 10.7 Å². The number of aromatic nitrogens is 4. The first-order chi connectivity index (χ1) is 17.2. The van der Waals surface area contributed by atoms with Gasteiger partial charge in [0, 0.05) is 37.0 Å². The first-order valence-corrected chi connectivity index (χ1v) is 11.0. The van der Waals surface area contributed by atoms with Crippen molar-refractivity contribution in [2.24, 2.45) is 0 Å². The minimum Gasteiger partial charge on any atom is -0.400 e. The van der Waals surface area contributed by atoms with Crippen molar-refractivity contribution < 1.29 is 18.3 Å². The summed E-state index contributed by atoms with van der Waals surface area (Å²) in [5.74, 6) is 0.387. The lowest BCUT2D eigenvalue weighted by Crippen LogP contribution is -2.30. The Morgan fingerprint density at radius 3 is 2.47 bits per heavy atom. The van der Waals surface area contributed by atoms with Crippen LogP contribution in [0.2, 0.25) is 0 Å². The van der Waals surface area contributed by atoms with E-state index < -0.39 is 29.2 Å². The predicted molar refractivity (Wildman–Crippen MR) is 126 cm³/mol. The van der Waals surface area contributed by atoms with Crippen LogP contribution in [-0.2, 0) is 6.18 Å². The molecule has 1 saturated carbocycles. The van der Waals surface area contributed by atoms with Crippen molar-refractivity contribution in [2.45, 2.75) is 43.8 Å². The molecular weight excluding hydrogens is 475 g/mol. The minimum atomic E-state index is -4.56. The summed E-state index contributed by atoms with van der Waals surface area (Å²) in [6.45, 7) is 1.66. The van der Waals surface area contributed by atoms with Crippen molar-refractivity contribution in [3.05, 3.63) is 81.4 Å². The average Bonchev–Trinajstić information content (AvgIpc) is 2.84. The number of alkyl halides is 3. The van der Waals surface area contributed by atoms with Gasteiger partial charge in [-0.1, -0.05) is 12.1 Å². The van der Waals surface area contributed by atoms with Crippen LogP contribution in [0.1, 0.15) is 66.0 Å². The topological polar surface area (TPSA) is 151 Å². The van der Waals surface area contributed by atoms with Crippen molar-refractivity contribution in [3.8, 4) is 6.07 Å². The Morgan fingerprint density at radius 2 is 1.94 bits per heavy atom. The van der Waals surface area contributed by atoms with Crippen molar-refractivity contribution in [1.82, 2.24) is 19.9 Å². The van der Waals surface area contributed by atoms with Gasteiger partial charge >= 0.3 is 6.18 Å². The average molecular weight is 499 g/mol. The molecule has 188 valence electrons. The maximum Gasteiger partial charge on any atom is 0.433 e. The molecule has 3 aromatic heterocycles. The molecule has 0 aliphatic heterocycles. The SMILES string of the molecule is CO.C[C@H](Nc1nc(C2CCC2c2ccccn2)[nH]c(=O)c1C(=N)C#N)c1ccc(C(F)(F)F)nc1. The van der Waals surface area contributed by atoms with Crippen molar-refractivity contribution in [2.75, 3.05) is 12.4 Å². The van der Waals surface area contributed by atoms with E-state index in [0.29, 0.717) is 11.4 Å². The van der Waals surface area contributed by atoms with E-state index in [1.54, 1.807) is 19.2 Å². The number of nitriles is 1. The molecule has 0 spiro atoms. The third-order valence-corrected chi connectivity index (χ3v) is 5.92. The zero-order valence-corrected chi connectivity index (χ0v) is 19.5. The van der Waals surface area contributed by atoms with Gasteiger partial charge in [0.15, 0.2) is 0 Å². The fraction of sp³-hybridized carbons (Fsp3) is 0.333. The smallest absolute Gasteiger partial charge is 0.400 e. The molecule has 4 N–H and O–H groups in total. The number of hydrogen-bond donors (Lipinski definition) is 4. The molecule has 0 bridgehead atoms. The fourth-order valence-electron chi connectivity index (χ4n) is 3.95. The Morgan fingerprint density at radius 1 is 1.22 bits per heavy atom. The monoisotopic (exact) mass is 499 g/mol. The lowest BCUT2D eigenvalue weighted by molar-refractivity contribution is -0.141. The van der Waals surface area contributed by atoms with Crippen molar-refractivity contribution in [3.63, 3.8) is 0 Å². The maximum atomic E-state index is 12.8. The summed E-state index contributed by atoms with van der Waals surface area (Å²) in [5.41, 5.74) is -1.15. The number of anilines is 1. The zero-order valence-electron chi connectivity index (χ0n) is 19.5. The van der Waals surface area contributed by atoms with Crippen LogP contribution in [0.3, 0.4) is 0 Å². The van der Waals surface area contributed by atoms with Crippen LogP contribution in [0.5, 0.6) is 0 Å². The Labute approximate surface area is 204 Å². The first kappa shape index (κ1) is 26.5. The summed E-state index contributed by atoms with van der Waals surface area (Å²) in [6, 6.07) is 8.81. The van der Waals surface area contributed by atoms with Gasteiger partial charge < -0.3 is 15.4 Å². The number of aromatic amines is 1. The van der Waals surface area contributed by atoms with E-state index in [-0.39, 0.29) is 23.2 Å². The third-order valence-electron chi connectivity index (χ3n) is 5.92. The second-order valence-corrected chi connectivity index (χ2v) is 8.05. The number of hydrogen-bond acceptors (Lipinski definition) is 8. The molecule has 0 amide bonds. The van der Waals surface area contributed by atoms with Crippen LogP contribution < -0.4 is 10.9 Å². The van der Waals surface area contributed by atoms with E-state index in [2.05, 4.69) is 25.3 Å². The third kappa shape index (κ3) is 5.58. The highest BCUT2D eigenvalue weighted by Crippen LogP contribution is 2.47.